The summed E-state index contributed by atoms with van der Waals surface area (Å²) < 4.78 is 10.1. The Kier molecular flexibility index (Phi) is 7.00. The van der Waals surface area contributed by atoms with E-state index in [1.165, 1.54) is 29.4 Å². The number of thiophene rings is 1. The molecule has 2 N–H and O–H groups in total. The lowest BCUT2D eigenvalue weighted by molar-refractivity contribution is -0.115. The third kappa shape index (κ3) is 5.21. The smallest absolute Gasteiger partial charge is 0.341 e. The highest BCUT2D eigenvalue weighted by Gasteiger charge is 2.26. The Morgan fingerprint density at radius 3 is 2.55 bits per heavy atom. The minimum Gasteiger partial charge on any atom is -0.497 e. The molecule has 152 valence electrons. The zero-order valence-corrected chi connectivity index (χ0v) is 17.9. The Hall–Kier alpha value is -2.71. The van der Waals surface area contributed by atoms with Gasteiger partial charge in [0.05, 0.1) is 19.8 Å². The van der Waals surface area contributed by atoms with Crippen molar-refractivity contribution in [2.75, 3.05) is 19.5 Å². The fourth-order valence-electron chi connectivity index (χ4n) is 3.15. The number of ether oxygens (including phenoxy) is 2. The minimum absolute atomic E-state index is 0.137. The molecule has 0 saturated heterocycles. The lowest BCUT2D eigenvalue weighted by Gasteiger charge is -2.12. The van der Waals surface area contributed by atoms with Gasteiger partial charge in [0.1, 0.15) is 10.8 Å². The Morgan fingerprint density at radius 1 is 1.14 bits per heavy atom. The molecule has 0 radical (unpaired) electrons. The zero-order chi connectivity index (χ0) is 20.8. The van der Waals surface area contributed by atoms with Gasteiger partial charge in [0.15, 0.2) is 5.11 Å². The summed E-state index contributed by atoms with van der Waals surface area (Å²) in [5.74, 6) is -0.00304. The molecule has 6 nitrogen and oxygen atoms in total. The molecule has 1 aliphatic rings. The number of benzene rings is 1. The Morgan fingerprint density at radius 2 is 1.86 bits per heavy atom. The van der Waals surface area contributed by atoms with Crippen molar-refractivity contribution >= 4 is 51.6 Å². The summed E-state index contributed by atoms with van der Waals surface area (Å²) >= 11 is 6.75. The number of anilines is 1. The third-order valence-corrected chi connectivity index (χ3v) is 5.98. The van der Waals surface area contributed by atoms with Gasteiger partial charge in [-0.05, 0) is 67.2 Å². The van der Waals surface area contributed by atoms with Crippen LogP contribution in [0.4, 0.5) is 5.00 Å². The van der Waals surface area contributed by atoms with Crippen LogP contribution in [0.25, 0.3) is 6.08 Å². The topological polar surface area (TPSA) is 76.7 Å². The molecule has 0 saturated carbocycles. The molecule has 3 rings (SSSR count). The second kappa shape index (κ2) is 9.67. The largest absolute Gasteiger partial charge is 0.497 e. The first-order valence-corrected chi connectivity index (χ1v) is 10.4. The second-order valence-electron chi connectivity index (χ2n) is 6.46. The molecule has 1 heterocycles. The number of hydrogen-bond donors (Lipinski definition) is 2. The van der Waals surface area contributed by atoms with Crippen molar-refractivity contribution in [3.05, 3.63) is 51.9 Å². The Labute approximate surface area is 178 Å². The summed E-state index contributed by atoms with van der Waals surface area (Å²) in [6, 6.07) is 7.32. The van der Waals surface area contributed by atoms with Crippen LogP contribution in [0, 0.1) is 0 Å². The van der Waals surface area contributed by atoms with E-state index in [0.717, 1.165) is 42.6 Å². The Bertz CT molecular complexity index is 948. The maximum Gasteiger partial charge on any atom is 0.341 e. The predicted molar refractivity (Wildman–Crippen MR) is 119 cm³/mol. The number of hydrogen-bond acceptors (Lipinski definition) is 6. The van der Waals surface area contributed by atoms with E-state index >= 15 is 0 Å². The van der Waals surface area contributed by atoms with Crippen LogP contribution in [-0.4, -0.2) is 31.2 Å². The van der Waals surface area contributed by atoms with E-state index in [9.17, 15) is 9.59 Å². The van der Waals surface area contributed by atoms with Gasteiger partial charge < -0.3 is 14.8 Å². The van der Waals surface area contributed by atoms with E-state index in [1.807, 2.05) is 24.3 Å². The number of methoxy groups -OCH3 is 2. The maximum atomic E-state index is 12.3. The highest BCUT2D eigenvalue weighted by Crippen LogP contribution is 2.38. The molecule has 0 atom stereocenters. The first kappa shape index (κ1) is 21.0. The normalized spacial score (nSPS) is 12.9. The van der Waals surface area contributed by atoms with Crippen molar-refractivity contribution in [3.8, 4) is 5.75 Å². The van der Waals surface area contributed by atoms with Crippen molar-refractivity contribution < 1.29 is 19.1 Å². The van der Waals surface area contributed by atoms with Crippen molar-refractivity contribution in [2.24, 2.45) is 0 Å². The average Bonchev–Trinajstić information content (AvgIpc) is 3.09. The quantitative estimate of drug-likeness (QED) is 0.425. The van der Waals surface area contributed by atoms with Gasteiger partial charge in [-0.15, -0.1) is 11.3 Å². The second-order valence-corrected chi connectivity index (χ2v) is 7.97. The average molecular weight is 431 g/mol. The van der Waals surface area contributed by atoms with E-state index in [1.54, 1.807) is 13.2 Å². The van der Waals surface area contributed by atoms with Gasteiger partial charge in [-0.3, -0.25) is 10.1 Å². The van der Waals surface area contributed by atoms with E-state index in [4.69, 9.17) is 21.7 Å². The Balaban J connectivity index is 1.65. The van der Waals surface area contributed by atoms with Gasteiger partial charge >= 0.3 is 5.97 Å². The van der Waals surface area contributed by atoms with Crippen LogP contribution in [0.1, 0.15) is 39.2 Å². The number of carbonyl (C=O) groups excluding carboxylic acids is 2. The third-order valence-electron chi connectivity index (χ3n) is 4.57. The molecule has 8 heteroatoms. The van der Waals surface area contributed by atoms with E-state index in [-0.39, 0.29) is 17.0 Å². The van der Waals surface area contributed by atoms with Crippen LogP contribution < -0.4 is 15.4 Å². The van der Waals surface area contributed by atoms with Gasteiger partial charge in [-0.2, -0.15) is 0 Å². The summed E-state index contributed by atoms with van der Waals surface area (Å²) in [7, 11) is 2.96. The van der Waals surface area contributed by atoms with Gasteiger partial charge in [0.2, 0.25) is 5.91 Å². The predicted octanol–water partition coefficient (Wildman–Crippen LogP) is 3.95. The van der Waals surface area contributed by atoms with Crippen LogP contribution in [0.15, 0.2) is 30.3 Å². The molecule has 29 heavy (non-hydrogen) atoms. The van der Waals surface area contributed by atoms with E-state index in [2.05, 4.69) is 10.6 Å². The number of esters is 1. The van der Waals surface area contributed by atoms with Crippen molar-refractivity contribution in [2.45, 2.75) is 25.7 Å². The number of rotatable bonds is 5. The molecule has 1 amide bonds. The monoisotopic (exact) mass is 430 g/mol. The number of aryl methyl sites for hydroxylation is 1. The summed E-state index contributed by atoms with van der Waals surface area (Å²) in [6.45, 7) is 0. The number of thiocarbonyl (C=S) groups is 1. The number of fused-ring (bicyclic) bond motifs is 1. The van der Waals surface area contributed by atoms with Crippen molar-refractivity contribution in [1.29, 1.82) is 0 Å². The lowest BCUT2D eigenvalue weighted by Crippen LogP contribution is -2.33. The molecule has 0 spiro atoms. The highest BCUT2D eigenvalue weighted by atomic mass is 32.1. The van der Waals surface area contributed by atoms with E-state index < -0.39 is 0 Å². The number of carbonyl (C=O) groups is 2. The molecule has 0 aliphatic heterocycles. The van der Waals surface area contributed by atoms with Crippen LogP contribution in [-0.2, 0) is 22.4 Å². The first-order valence-electron chi connectivity index (χ1n) is 9.18. The molecule has 0 unspecified atom stereocenters. The van der Waals surface area contributed by atoms with Crippen LogP contribution >= 0.6 is 23.6 Å². The molecule has 2 aromatic rings. The van der Waals surface area contributed by atoms with Gasteiger partial charge in [0, 0.05) is 11.0 Å². The summed E-state index contributed by atoms with van der Waals surface area (Å²) in [5, 5.41) is 6.36. The molecular formula is C21H22N2O4S2. The standard InChI is InChI=1S/C21H22N2O4S2/c1-26-14-10-7-13(8-11-14)9-12-17(24)22-21(28)23-19-18(20(25)27-2)15-5-3-4-6-16(15)29-19/h7-12H,3-6H2,1-2H3,(H2,22,23,24,28)/b12-9+. The van der Waals surface area contributed by atoms with Crippen LogP contribution in [0.5, 0.6) is 5.75 Å². The molecule has 0 fully saturated rings. The van der Waals surface area contributed by atoms with Gasteiger partial charge in [-0.25, -0.2) is 4.79 Å². The number of amides is 1. The van der Waals surface area contributed by atoms with E-state index in [0.29, 0.717) is 10.6 Å². The fraction of sp³-hybridized carbons (Fsp3) is 0.286. The molecule has 1 aromatic carbocycles. The summed E-state index contributed by atoms with van der Waals surface area (Å²) in [4.78, 5) is 25.6. The summed E-state index contributed by atoms with van der Waals surface area (Å²) in [6.07, 6.45) is 7.02. The molecule has 0 bridgehead atoms. The molecular weight excluding hydrogens is 408 g/mol. The first-order chi connectivity index (χ1) is 14.0. The van der Waals surface area contributed by atoms with Gasteiger partial charge in [0.25, 0.3) is 0 Å². The number of nitrogens with one attached hydrogen (secondary N) is 2. The molecule has 1 aromatic heterocycles. The fourth-order valence-corrected chi connectivity index (χ4v) is 4.70. The lowest BCUT2D eigenvalue weighted by atomic mass is 9.95. The zero-order valence-electron chi connectivity index (χ0n) is 16.2. The summed E-state index contributed by atoms with van der Waals surface area (Å²) in [5.41, 5.74) is 2.42. The van der Waals surface area contributed by atoms with Gasteiger partial charge in [-0.1, -0.05) is 12.1 Å². The SMILES string of the molecule is COC(=O)c1c(NC(=S)NC(=O)/C=C/c2ccc(OC)cc2)sc2c1CCCC2. The van der Waals surface area contributed by atoms with Crippen LogP contribution in [0.2, 0.25) is 0 Å². The maximum absolute atomic E-state index is 12.3. The highest BCUT2D eigenvalue weighted by molar-refractivity contribution is 7.80. The molecule has 1 aliphatic carbocycles. The van der Waals surface area contributed by atoms with Crippen LogP contribution in [0.3, 0.4) is 0 Å². The minimum atomic E-state index is -0.388. The van der Waals surface area contributed by atoms with Crippen molar-refractivity contribution in [1.82, 2.24) is 5.32 Å². The van der Waals surface area contributed by atoms with Crippen molar-refractivity contribution in [3.63, 3.8) is 0 Å².